The van der Waals surface area contributed by atoms with Gasteiger partial charge in [0.25, 0.3) is 11.5 Å². The van der Waals surface area contributed by atoms with Crippen LogP contribution in [0.3, 0.4) is 0 Å². The third kappa shape index (κ3) is 7.12. The van der Waals surface area contributed by atoms with Gasteiger partial charge in [-0.1, -0.05) is 44.5 Å². The molecule has 5 rings (SSSR count). The maximum atomic E-state index is 14.5. The van der Waals surface area contributed by atoms with E-state index in [1.807, 2.05) is 25.7 Å². The summed E-state index contributed by atoms with van der Waals surface area (Å²) in [4.78, 5) is 35.3. The number of nitrogens with zero attached hydrogens (tertiary/aromatic N) is 3. The standard InChI is InChI=1S/C34H35ClF3N3O3S/c1-5-44-30-13-12-24(35)16-29(30)41-28(15-20(2)3)25(32(42)40-14-6-7-21(4)18-40)17-26(33(41)43)31-39-27(19-45-31)22-8-10-23(11-9-22)34(36,37)38/h8-13,16-17,19-21H,5-7,14-15,18H2,1-4H3/t21-/m0/s1. The second kappa shape index (κ2) is 13.4. The van der Waals surface area contributed by atoms with E-state index in [-0.39, 0.29) is 17.4 Å². The number of piperidine rings is 1. The number of rotatable bonds is 8. The van der Waals surface area contributed by atoms with Crippen LogP contribution in [0.25, 0.3) is 27.5 Å². The highest BCUT2D eigenvalue weighted by atomic mass is 35.5. The SMILES string of the molecule is CCOc1ccc(Cl)cc1-n1c(CC(C)C)c(C(=O)N2CCC[C@H](C)C2)cc(-c2nc(-c3ccc(C(F)(F)F)cc3)cs2)c1=O. The summed E-state index contributed by atoms with van der Waals surface area (Å²) >= 11 is 7.65. The largest absolute Gasteiger partial charge is 0.492 e. The number of pyridine rings is 1. The van der Waals surface area contributed by atoms with Crippen molar-refractivity contribution in [2.24, 2.45) is 11.8 Å². The van der Waals surface area contributed by atoms with Crippen molar-refractivity contribution >= 4 is 28.8 Å². The van der Waals surface area contributed by atoms with E-state index in [2.05, 4.69) is 11.9 Å². The Balaban J connectivity index is 1.73. The third-order valence-electron chi connectivity index (χ3n) is 7.78. The maximum Gasteiger partial charge on any atom is 0.416 e. The van der Waals surface area contributed by atoms with Crippen molar-refractivity contribution in [3.05, 3.63) is 86.1 Å². The first-order valence-electron chi connectivity index (χ1n) is 15.0. The molecule has 238 valence electrons. The minimum absolute atomic E-state index is 0.106. The smallest absolute Gasteiger partial charge is 0.416 e. The predicted octanol–water partition coefficient (Wildman–Crippen LogP) is 8.77. The number of benzene rings is 2. The number of ether oxygens (including phenoxy) is 1. The van der Waals surface area contributed by atoms with Gasteiger partial charge in [-0.15, -0.1) is 11.3 Å². The predicted molar refractivity (Wildman–Crippen MR) is 173 cm³/mol. The zero-order valence-corrected chi connectivity index (χ0v) is 27.2. The van der Waals surface area contributed by atoms with Crippen molar-refractivity contribution in [2.75, 3.05) is 19.7 Å². The Hall–Kier alpha value is -3.63. The molecule has 1 fully saturated rings. The van der Waals surface area contributed by atoms with Crippen LogP contribution in [0.15, 0.2) is 58.7 Å². The van der Waals surface area contributed by atoms with Gasteiger partial charge in [0.15, 0.2) is 0 Å². The monoisotopic (exact) mass is 657 g/mol. The Morgan fingerprint density at radius 3 is 2.53 bits per heavy atom. The molecule has 1 saturated heterocycles. The zero-order valence-electron chi connectivity index (χ0n) is 25.6. The lowest BCUT2D eigenvalue weighted by Crippen LogP contribution is -2.40. The molecule has 1 atom stereocenters. The van der Waals surface area contributed by atoms with Crippen molar-refractivity contribution in [3.63, 3.8) is 0 Å². The Morgan fingerprint density at radius 1 is 1.16 bits per heavy atom. The van der Waals surface area contributed by atoms with Gasteiger partial charge in [0.05, 0.1) is 34.7 Å². The van der Waals surface area contributed by atoms with Gasteiger partial charge in [0.1, 0.15) is 10.8 Å². The molecule has 45 heavy (non-hydrogen) atoms. The number of carbonyl (C=O) groups is 1. The average Bonchev–Trinajstić information content (AvgIpc) is 3.48. The van der Waals surface area contributed by atoms with Crippen molar-refractivity contribution in [2.45, 2.75) is 53.1 Å². The number of hydrogen-bond donors (Lipinski definition) is 0. The van der Waals surface area contributed by atoms with Crippen LogP contribution < -0.4 is 10.3 Å². The van der Waals surface area contributed by atoms with Gasteiger partial charge in [0.2, 0.25) is 0 Å². The van der Waals surface area contributed by atoms with E-state index in [1.54, 1.807) is 29.6 Å². The molecular weight excluding hydrogens is 623 g/mol. The van der Waals surface area contributed by atoms with Crippen LogP contribution in [0.5, 0.6) is 5.75 Å². The fraction of sp³-hybridized carbons (Fsp3) is 0.382. The van der Waals surface area contributed by atoms with Gasteiger partial charge >= 0.3 is 6.18 Å². The van der Waals surface area contributed by atoms with Gasteiger partial charge in [0, 0.05) is 34.7 Å². The second-order valence-electron chi connectivity index (χ2n) is 11.8. The zero-order chi connectivity index (χ0) is 32.5. The third-order valence-corrected chi connectivity index (χ3v) is 8.89. The Morgan fingerprint density at radius 2 is 1.89 bits per heavy atom. The quantitative estimate of drug-likeness (QED) is 0.190. The summed E-state index contributed by atoms with van der Waals surface area (Å²) in [5.74, 6) is 0.742. The van der Waals surface area contributed by atoms with Crippen LogP contribution in [-0.4, -0.2) is 40.1 Å². The topological polar surface area (TPSA) is 64.4 Å². The Bertz CT molecular complexity index is 1750. The summed E-state index contributed by atoms with van der Waals surface area (Å²) in [6.07, 6.45) is -2.08. The number of thiazole rings is 1. The van der Waals surface area contributed by atoms with E-state index < -0.39 is 17.3 Å². The molecule has 2 aromatic heterocycles. The molecule has 0 aliphatic carbocycles. The number of alkyl halides is 3. The lowest BCUT2D eigenvalue weighted by Gasteiger charge is -2.32. The first-order chi connectivity index (χ1) is 21.4. The highest BCUT2D eigenvalue weighted by Crippen LogP contribution is 2.35. The van der Waals surface area contributed by atoms with Crippen LogP contribution in [-0.2, 0) is 12.6 Å². The molecule has 11 heteroatoms. The first-order valence-corrected chi connectivity index (χ1v) is 16.3. The number of likely N-dealkylation sites (tertiary alicyclic amines) is 1. The van der Waals surface area contributed by atoms with Crippen LogP contribution in [0, 0.1) is 11.8 Å². The summed E-state index contributed by atoms with van der Waals surface area (Å²) < 4.78 is 46.9. The molecule has 1 aliphatic rings. The Labute approximate surface area is 269 Å². The van der Waals surface area contributed by atoms with E-state index in [4.69, 9.17) is 16.3 Å². The van der Waals surface area contributed by atoms with E-state index in [0.29, 0.717) is 76.0 Å². The molecule has 0 N–H and O–H groups in total. The fourth-order valence-electron chi connectivity index (χ4n) is 5.68. The maximum absolute atomic E-state index is 14.5. The normalized spacial score (nSPS) is 15.5. The second-order valence-corrected chi connectivity index (χ2v) is 13.1. The lowest BCUT2D eigenvalue weighted by atomic mass is 9.96. The number of halogens is 4. The molecule has 0 bridgehead atoms. The van der Waals surface area contributed by atoms with Gasteiger partial charge in [-0.25, -0.2) is 4.98 Å². The minimum atomic E-state index is -4.45. The van der Waals surface area contributed by atoms with Gasteiger partial charge in [-0.3, -0.25) is 14.2 Å². The van der Waals surface area contributed by atoms with Gasteiger partial charge < -0.3 is 9.64 Å². The average molecular weight is 658 g/mol. The fourth-order valence-corrected chi connectivity index (χ4v) is 6.68. The molecule has 6 nitrogen and oxygen atoms in total. The van der Waals surface area contributed by atoms with Crippen molar-refractivity contribution in [1.82, 2.24) is 14.5 Å². The summed E-state index contributed by atoms with van der Waals surface area (Å²) in [5.41, 5.74) is 1.35. The van der Waals surface area contributed by atoms with Crippen LogP contribution >= 0.6 is 22.9 Å². The number of hydrogen-bond acceptors (Lipinski definition) is 5. The molecular formula is C34H35ClF3N3O3S. The van der Waals surface area contributed by atoms with Crippen LogP contribution in [0.2, 0.25) is 5.02 Å². The summed E-state index contributed by atoms with van der Waals surface area (Å²) in [6, 6.07) is 11.4. The molecule has 0 spiro atoms. The molecule has 1 amide bonds. The van der Waals surface area contributed by atoms with Crippen LogP contribution in [0.1, 0.15) is 62.2 Å². The summed E-state index contributed by atoms with van der Waals surface area (Å²) in [5, 5.41) is 2.45. The highest BCUT2D eigenvalue weighted by Gasteiger charge is 2.31. The number of carbonyl (C=O) groups excluding carboxylic acids is 1. The first kappa shape index (κ1) is 32.8. The molecule has 3 heterocycles. The molecule has 0 saturated carbocycles. The molecule has 4 aromatic rings. The van der Waals surface area contributed by atoms with E-state index in [1.165, 1.54) is 28.0 Å². The number of aromatic nitrogens is 2. The number of amides is 1. The van der Waals surface area contributed by atoms with E-state index in [9.17, 15) is 22.8 Å². The van der Waals surface area contributed by atoms with Gasteiger partial charge in [-0.05, 0) is 74.4 Å². The molecule has 2 aromatic carbocycles. The molecule has 0 unspecified atom stereocenters. The highest BCUT2D eigenvalue weighted by molar-refractivity contribution is 7.13. The van der Waals surface area contributed by atoms with Crippen molar-refractivity contribution < 1.29 is 22.7 Å². The molecule has 1 aliphatic heterocycles. The van der Waals surface area contributed by atoms with Crippen LogP contribution in [0.4, 0.5) is 13.2 Å². The summed E-state index contributed by atoms with van der Waals surface area (Å²) in [7, 11) is 0. The van der Waals surface area contributed by atoms with Crippen molar-refractivity contribution in [1.29, 1.82) is 0 Å². The van der Waals surface area contributed by atoms with Crippen molar-refractivity contribution in [3.8, 4) is 33.3 Å². The minimum Gasteiger partial charge on any atom is -0.492 e. The van der Waals surface area contributed by atoms with E-state index >= 15 is 0 Å². The summed E-state index contributed by atoms with van der Waals surface area (Å²) in [6.45, 7) is 9.61. The lowest BCUT2D eigenvalue weighted by molar-refractivity contribution is -0.137. The van der Waals surface area contributed by atoms with E-state index in [0.717, 1.165) is 25.0 Å². The van der Waals surface area contributed by atoms with Gasteiger partial charge in [-0.2, -0.15) is 13.2 Å². The molecule has 0 radical (unpaired) electrons. The Kier molecular flexibility index (Phi) is 9.74.